The number of benzene rings is 2. The van der Waals surface area contributed by atoms with Crippen molar-refractivity contribution in [1.82, 2.24) is 9.13 Å². The third-order valence-electron chi connectivity index (χ3n) is 4.93. The summed E-state index contributed by atoms with van der Waals surface area (Å²) in [5, 5.41) is 13.5. The number of ether oxygens (including phenoxy) is 1. The van der Waals surface area contributed by atoms with Crippen LogP contribution in [0.3, 0.4) is 0 Å². The molecule has 1 amide bonds. The van der Waals surface area contributed by atoms with Crippen molar-refractivity contribution in [2.45, 2.75) is 6.92 Å². The fourth-order valence-electron chi connectivity index (χ4n) is 3.01. The Balaban J connectivity index is 1.96. The molecule has 2 N–H and O–H groups in total. The minimum absolute atomic E-state index is 0.0878. The van der Waals surface area contributed by atoms with Crippen molar-refractivity contribution in [1.29, 1.82) is 0 Å². The van der Waals surface area contributed by atoms with E-state index in [2.05, 4.69) is 26.2 Å². The molecule has 3 aromatic rings. The maximum Gasteiger partial charge on any atom is 0.333 e. The van der Waals surface area contributed by atoms with Crippen molar-refractivity contribution in [3.63, 3.8) is 0 Å². The monoisotopic (exact) mass is 546 g/mol. The molecule has 0 aliphatic carbocycles. The topological polar surface area (TPSA) is 115 Å². The summed E-state index contributed by atoms with van der Waals surface area (Å²) < 4.78 is 7.91. The van der Waals surface area contributed by atoms with E-state index in [1.54, 1.807) is 30.3 Å². The number of thioether (sulfide) groups is 1. The highest BCUT2D eigenvalue weighted by molar-refractivity contribution is 9.10. The molecule has 0 atom stereocenters. The lowest BCUT2D eigenvalue weighted by Gasteiger charge is -2.13. The summed E-state index contributed by atoms with van der Waals surface area (Å²) >= 11 is 4.40. The van der Waals surface area contributed by atoms with Crippen LogP contribution in [0.15, 0.2) is 61.5 Å². The SMILES string of the molecule is COc1ccc(N=C(SCC(=O)Nc2ccc(Br)c(C)c2)c2c(O)n(C)c(=O)n(C)c2=O)cc1. The van der Waals surface area contributed by atoms with Gasteiger partial charge in [0.25, 0.3) is 5.56 Å². The van der Waals surface area contributed by atoms with Crippen molar-refractivity contribution in [3.05, 3.63) is 78.9 Å². The van der Waals surface area contributed by atoms with Crippen molar-refractivity contribution in [2.24, 2.45) is 19.1 Å². The Hall–Kier alpha value is -3.31. The first kappa shape index (κ1) is 25.3. The summed E-state index contributed by atoms with van der Waals surface area (Å²) in [4.78, 5) is 42.2. The smallest absolute Gasteiger partial charge is 0.333 e. The van der Waals surface area contributed by atoms with Crippen LogP contribution in [-0.4, -0.2) is 38.1 Å². The molecule has 9 nitrogen and oxygen atoms in total. The summed E-state index contributed by atoms with van der Waals surface area (Å²) in [5.74, 6) is -0.319. The molecule has 34 heavy (non-hydrogen) atoms. The number of hydrogen-bond donors (Lipinski definition) is 2. The van der Waals surface area contributed by atoms with Crippen LogP contribution in [0.4, 0.5) is 11.4 Å². The summed E-state index contributed by atoms with van der Waals surface area (Å²) in [6.45, 7) is 1.91. The zero-order valence-corrected chi connectivity index (χ0v) is 21.4. The normalized spacial score (nSPS) is 11.4. The van der Waals surface area contributed by atoms with Crippen molar-refractivity contribution in [3.8, 4) is 11.6 Å². The van der Waals surface area contributed by atoms with Gasteiger partial charge in [0.15, 0.2) is 0 Å². The molecule has 1 heterocycles. The number of methoxy groups -OCH3 is 1. The van der Waals surface area contributed by atoms with E-state index in [1.165, 1.54) is 21.2 Å². The van der Waals surface area contributed by atoms with Gasteiger partial charge in [0, 0.05) is 24.3 Å². The third-order valence-corrected chi connectivity index (χ3v) is 6.80. The number of aromatic hydroxyl groups is 1. The van der Waals surface area contributed by atoms with E-state index in [1.807, 2.05) is 19.1 Å². The number of aliphatic imine (C=N–C) groups is 1. The number of anilines is 1. The predicted molar refractivity (Wildman–Crippen MR) is 138 cm³/mol. The molecule has 2 aromatic carbocycles. The zero-order chi connectivity index (χ0) is 25.0. The Labute approximate surface area is 208 Å². The number of carbonyl (C=O) groups excluding carboxylic acids is 1. The fourth-order valence-corrected chi connectivity index (χ4v) is 4.09. The van der Waals surface area contributed by atoms with Crippen molar-refractivity contribution in [2.75, 3.05) is 18.2 Å². The van der Waals surface area contributed by atoms with Gasteiger partial charge >= 0.3 is 5.69 Å². The van der Waals surface area contributed by atoms with Crippen molar-refractivity contribution >= 4 is 50.0 Å². The Morgan fingerprint density at radius 3 is 2.44 bits per heavy atom. The van der Waals surface area contributed by atoms with Crippen LogP contribution < -0.4 is 21.3 Å². The van der Waals surface area contributed by atoms with Crippen LogP contribution in [0.1, 0.15) is 11.1 Å². The van der Waals surface area contributed by atoms with E-state index in [-0.39, 0.29) is 22.3 Å². The second kappa shape index (κ2) is 10.7. The molecule has 0 saturated carbocycles. The summed E-state index contributed by atoms with van der Waals surface area (Å²) in [6.07, 6.45) is 0. The number of hydrogen-bond acceptors (Lipinski definition) is 7. The van der Waals surface area contributed by atoms with Gasteiger partial charge in [-0.3, -0.25) is 18.7 Å². The van der Waals surface area contributed by atoms with Crippen LogP contribution in [-0.2, 0) is 18.9 Å². The van der Waals surface area contributed by atoms with E-state index >= 15 is 0 Å². The lowest BCUT2D eigenvalue weighted by Crippen LogP contribution is -2.39. The number of nitrogens with zero attached hydrogens (tertiary/aromatic N) is 3. The minimum Gasteiger partial charge on any atom is -0.497 e. The van der Waals surface area contributed by atoms with Gasteiger partial charge in [-0.15, -0.1) is 0 Å². The maximum absolute atomic E-state index is 12.9. The zero-order valence-electron chi connectivity index (χ0n) is 19.0. The van der Waals surface area contributed by atoms with Gasteiger partial charge in [-0.25, -0.2) is 9.79 Å². The van der Waals surface area contributed by atoms with Gasteiger partial charge in [-0.05, 0) is 55.0 Å². The lowest BCUT2D eigenvalue weighted by molar-refractivity contribution is -0.113. The summed E-state index contributed by atoms with van der Waals surface area (Å²) in [6, 6.07) is 12.2. The minimum atomic E-state index is -0.718. The van der Waals surface area contributed by atoms with E-state index in [4.69, 9.17) is 4.74 Å². The molecule has 0 spiro atoms. The van der Waals surface area contributed by atoms with Gasteiger partial charge in [0.1, 0.15) is 16.4 Å². The molecule has 0 aliphatic heterocycles. The van der Waals surface area contributed by atoms with Gasteiger partial charge in [0.05, 0.1) is 18.6 Å². The van der Waals surface area contributed by atoms with E-state index in [9.17, 15) is 19.5 Å². The van der Waals surface area contributed by atoms with Gasteiger partial charge in [0.2, 0.25) is 11.8 Å². The Bertz CT molecular complexity index is 1380. The number of aryl methyl sites for hydroxylation is 1. The molecule has 11 heteroatoms. The highest BCUT2D eigenvalue weighted by atomic mass is 79.9. The maximum atomic E-state index is 12.9. The summed E-state index contributed by atoms with van der Waals surface area (Å²) in [7, 11) is 4.20. The van der Waals surface area contributed by atoms with Crippen LogP contribution >= 0.6 is 27.7 Å². The molecule has 0 radical (unpaired) electrons. The van der Waals surface area contributed by atoms with Crippen LogP contribution in [0, 0.1) is 6.92 Å². The lowest BCUT2D eigenvalue weighted by atomic mass is 10.2. The first-order valence-corrected chi connectivity index (χ1v) is 11.8. The van der Waals surface area contributed by atoms with Crippen LogP contribution in [0.25, 0.3) is 0 Å². The van der Waals surface area contributed by atoms with E-state index in [0.29, 0.717) is 17.1 Å². The van der Waals surface area contributed by atoms with Gasteiger partial charge in [-0.1, -0.05) is 27.7 Å². The molecular weight excluding hydrogens is 524 g/mol. The van der Waals surface area contributed by atoms with E-state index in [0.717, 1.165) is 30.9 Å². The number of aromatic nitrogens is 2. The first-order chi connectivity index (χ1) is 16.1. The highest BCUT2D eigenvalue weighted by Gasteiger charge is 2.22. The number of carbonyl (C=O) groups is 1. The molecule has 0 unspecified atom stereocenters. The third kappa shape index (κ3) is 5.60. The quantitative estimate of drug-likeness (QED) is 0.362. The second-order valence-electron chi connectivity index (χ2n) is 7.32. The highest BCUT2D eigenvalue weighted by Crippen LogP contribution is 2.25. The van der Waals surface area contributed by atoms with Gasteiger partial charge < -0.3 is 15.2 Å². The standard InChI is InChI=1S/C23H23BrN4O5S/c1-13-11-15(7-10-17(13)24)25-18(29)12-34-20(26-14-5-8-16(33-4)9-6-14)19-21(30)27(2)23(32)28(3)22(19)31/h5-11,30H,12H2,1-4H3,(H,25,29). The molecule has 0 saturated heterocycles. The molecule has 1 aromatic heterocycles. The molecule has 3 rings (SSSR count). The molecule has 178 valence electrons. The Kier molecular flexibility index (Phi) is 8.00. The van der Waals surface area contributed by atoms with Gasteiger partial charge in [-0.2, -0.15) is 0 Å². The fraction of sp³-hybridized carbons (Fsp3) is 0.217. The number of rotatable bonds is 6. The second-order valence-corrected chi connectivity index (χ2v) is 9.14. The van der Waals surface area contributed by atoms with Crippen molar-refractivity contribution < 1.29 is 14.6 Å². The predicted octanol–water partition coefficient (Wildman–Crippen LogP) is 3.32. The van der Waals surface area contributed by atoms with E-state index < -0.39 is 17.1 Å². The number of nitrogens with one attached hydrogen (secondary N) is 1. The first-order valence-electron chi connectivity index (χ1n) is 10.0. The molecule has 0 fully saturated rings. The summed E-state index contributed by atoms with van der Waals surface area (Å²) in [5.41, 5.74) is 0.500. The average Bonchev–Trinajstić information content (AvgIpc) is 2.82. The Morgan fingerprint density at radius 1 is 1.15 bits per heavy atom. The average molecular weight is 547 g/mol. The largest absolute Gasteiger partial charge is 0.497 e. The van der Waals surface area contributed by atoms with Crippen LogP contribution in [0.2, 0.25) is 0 Å². The Morgan fingerprint density at radius 2 is 1.82 bits per heavy atom. The molecular formula is C23H23BrN4O5S. The molecule has 0 bridgehead atoms. The number of halogens is 1. The van der Waals surface area contributed by atoms with Crippen LogP contribution in [0.5, 0.6) is 11.6 Å². The molecule has 0 aliphatic rings. The number of amides is 1.